The summed E-state index contributed by atoms with van der Waals surface area (Å²) < 4.78 is 0. The smallest absolute Gasteiger partial charge is 0.0108 e. The number of nitrogens with zero attached hydrogens (tertiary/aromatic N) is 1. The van der Waals surface area contributed by atoms with Crippen molar-refractivity contribution in [3.63, 3.8) is 0 Å². The van der Waals surface area contributed by atoms with Crippen molar-refractivity contribution < 1.29 is 0 Å². The summed E-state index contributed by atoms with van der Waals surface area (Å²) in [5, 5.41) is 3.74. The Labute approximate surface area is 121 Å². The maximum Gasteiger partial charge on any atom is 0.0108 e. The average Bonchev–Trinajstić information content (AvgIpc) is 2.33. The molecule has 0 aromatic rings. The van der Waals surface area contributed by atoms with E-state index in [-0.39, 0.29) is 0 Å². The third-order valence-electron chi connectivity index (χ3n) is 4.55. The van der Waals surface area contributed by atoms with Gasteiger partial charge in [0.25, 0.3) is 0 Å². The molecule has 0 spiro atoms. The van der Waals surface area contributed by atoms with E-state index in [1.165, 1.54) is 51.7 Å². The standard InChI is InChI=1S/C17H36N2/c1-6-11-19(12-7-2)14-15-13-17(4,5)10-9-16(15)18-8-3/h15-16,18H,6-14H2,1-5H3. The van der Waals surface area contributed by atoms with E-state index < -0.39 is 0 Å². The molecule has 0 heterocycles. The molecular weight excluding hydrogens is 232 g/mol. The molecule has 1 aliphatic carbocycles. The summed E-state index contributed by atoms with van der Waals surface area (Å²) in [6.07, 6.45) is 6.68. The van der Waals surface area contributed by atoms with Crippen molar-refractivity contribution >= 4 is 0 Å². The molecule has 2 nitrogen and oxygen atoms in total. The van der Waals surface area contributed by atoms with Gasteiger partial charge in [0.15, 0.2) is 0 Å². The minimum Gasteiger partial charge on any atom is -0.314 e. The van der Waals surface area contributed by atoms with E-state index in [0.717, 1.165) is 18.5 Å². The number of hydrogen-bond acceptors (Lipinski definition) is 2. The monoisotopic (exact) mass is 268 g/mol. The molecule has 0 aliphatic heterocycles. The Morgan fingerprint density at radius 2 is 1.74 bits per heavy atom. The van der Waals surface area contributed by atoms with Gasteiger partial charge < -0.3 is 10.2 Å². The lowest BCUT2D eigenvalue weighted by Crippen LogP contribution is -2.47. The van der Waals surface area contributed by atoms with E-state index in [0.29, 0.717) is 5.41 Å². The Kier molecular flexibility index (Phi) is 7.38. The van der Waals surface area contributed by atoms with Crippen LogP contribution in [0.15, 0.2) is 0 Å². The summed E-state index contributed by atoms with van der Waals surface area (Å²) in [7, 11) is 0. The van der Waals surface area contributed by atoms with Gasteiger partial charge in [0, 0.05) is 12.6 Å². The first-order valence-electron chi connectivity index (χ1n) is 8.48. The van der Waals surface area contributed by atoms with E-state index >= 15 is 0 Å². The van der Waals surface area contributed by atoms with Crippen LogP contribution in [0.4, 0.5) is 0 Å². The average molecular weight is 268 g/mol. The molecule has 1 rings (SSSR count). The lowest BCUT2D eigenvalue weighted by Gasteiger charge is -2.43. The molecule has 0 saturated heterocycles. The molecule has 1 N–H and O–H groups in total. The van der Waals surface area contributed by atoms with Crippen LogP contribution < -0.4 is 5.32 Å². The Hall–Kier alpha value is -0.0800. The molecule has 114 valence electrons. The fraction of sp³-hybridized carbons (Fsp3) is 1.00. The second-order valence-electron chi connectivity index (χ2n) is 7.13. The lowest BCUT2D eigenvalue weighted by atomic mass is 9.69. The fourth-order valence-corrected chi connectivity index (χ4v) is 3.72. The molecule has 0 amide bonds. The van der Waals surface area contributed by atoms with Crippen molar-refractivity contribution in [3.8, 4) is 0 Å². The van der Waals surface area contributed by atoms with Gasteiger partial charge in [-0.3, -0.25) is 0 Å². The Morgan fingerprint density at radius 3 is 2.26 bits per heavy atom. The van der Waals surface area contributed by atoms with Crippen LogP contribution in [0.3, 0.4) is 0 Å². The zero-order chi connectivity index (χ0) is 14.3. The maximum absolute atomic E-state index is 3.74. The predicted molar refractivity (Wildman–Crippen MR) is 85.6 cm³/mol. The maximum atomic E-state index is 3.74. The van der Waals surface area contributed by atoms with Crippen LogP contribution in [0, 0.1) is 11.3 Å². The van der Waals surface area contributed by atoms with Crippen LogP contribution in [-0.2, 0) is 0 Å². The summed E-state index contributed by atoms with van der Waals surface area (Å²) in [5.41, 5.74) is 0.542. The lowest BCUT2D eigenvalue weighted by molar-refractivity contribution is 0.100. The highest BCUT2D eigenvalue weighted by molar-refractivity contribution is 4.90. The topological polar surface area (TPSA) is 15.3 Å². The van der Waals surface area contributed by atoms with Crippen LogP contribution in [-0.4, -0.2) is 37.1 Å². The van der Waals surface area contributed by atoms with Crippen molar-refractivity contribution in [1.29, 1.82) is 0 Å². The van der Waals surface area contributed by atoms with Gasteiger partial charge in [-0.15, -0.1) is 0 Å². The second-order valence-corrected chi connectivity index (χ2v) is 7.13. The van der Waals surface area contributed by atoms with E-state index in [2.05, 4.69) is 44.8 Å². The van der Waals surface area contributed by atoms with Crippen LogP contribution in [0.5, 0.6) is 0 Å². The van der Waals surface area contributed by atoms with Crippen molar-refractivity contribution in [2.24, 2.45) is 11.3 Å². The molecule has 2 atom stereocenters. The predicted octanol–water partition coefficient (Wildman–Crippen LogP) is 3.91. The van der Waals surface area contributed by atoms with Gasteiger partial charge in [0.05, 0.1) is 0 Å². The molecule has 1 saturated carbocycles. The third kappa shape index (κ3) is 5.83. The van der Waals surface area contributed by atoms with E-state index in [9.17, 15) is 0 Å². The summed E-state index contributed by atoms with van der Waals surface area (Å²) in [6.45, 7) is 16.7. The van der Waals surface area contributed by atoms with Gasteiger partial charge in [0.1, 0.15) is 0 Å². The fourth-order valence-electron chi connectivity index (χ4n) is 3.72. The number of nitrogens with one attached hydrogen (secondary N) is 1. The summed E-state index contributed by atoms with van der Waals surface area (Å²) in [4.78, 5) is 2.69. The van der Waals surface area contributed by atoms with Crippen LogP contribution >= 0.6 is 0 Å². The van der Waals surface area contributed by atoms with Crippen molar-refractivity contribution in [2.75, 3.05) is 26.2 Å². The minimum absolute atomic E-state index is 0.542. The molecule has 0 aromatic carbocycles. The molecular formula is C17H36N2. The third-order valence-corrected chi connectivity index (χ3v) is 4.55. The summed E-state index contributed by atoms with van der Waals surface area (Å²) in [5.74, 6) is 0.835. The molecule has 1 aliphatic rings. The van der Waals surface area contributed by atoms with Gasteiger partial charge >= 0.3 is 0 Å². The molecule has 1 fully saturated rings. The molecule has 0 radical (unpaired) electrons. The largest absolute Gasteiger partial charge is 0.314 e. The van der Waals surface area contributed by atoms with E-state index in [1.54, 1.807) is 0 Å². The zero-order valence-electron chi connectivity index (χ0n) is 14.0. The molecule has 2 heteroatoms. The Bertz CT molecular complexity index is 231. The van der Waals surface area contributed by atoms with Gasteiger partial charge in [-0.2, -0.15) is 0 Å². The van der Waals surface area contributed by atoms with Crippen LogP contribution in [0.2, 0.25) is 0 Å². The minimum atomic E-state index is 0.542. The van der Waals surface area contributed by atoms with Gasteiger partial charge in [-0.25, -0.2) is 0 Å². The highest BCUT2D eigenvalue weighted by atomic mass is 15.1. The first-order valence-corrected chi connectivity index (χ1v) is 8.48. The molecule has 0 bridgehead atoms. The van der Waals surface area contributed by atoms with E-state index in [1.807, 2.05) is 0 Å². The van der Waals surface area contributed by atoms with Gasteiger partial charge in [-0.05, 0) is 63.1 Å². The first-order chi connectivity index (χ1) is 9.02. The van der Waals surface area contributed by atoms with Crippen molar-refractivity contribution in [2.45, 2.75) is 72.8 Å². The molecule has 2 unspecified atom stereocenters. The highest BCUT2D eigenvalue weighted by Gasteiger charge is 2.34. The van der Waals surface area contributed by atoms with Gasteiger partial charge in [0.2, 0.25) is 0 Å². The van der Waals surface area contributed by atoms with Crippen molar-refractivity contribution in [1.82, 2.24) is 10.2 Å². The SMILES string of the molecule is CCCN(CCC)CC1CC(C)(C)CCC1NCC. The first kappa shape index (κ1) is 17.0. The molecule has 0 aromatic heterocycles. The van der Waals surface area contributed by atoms with E-state index in [4.69, 9.17) is 0 Å². The van der Waals surface area contributed by atoms with Gasteiger partial charge in [-0.1, -0.05) is 34.6 Å². The zero-order valence-corrected chi connectivity index (χ0v) is 14.0. The summed E-state index contributed by atoms with van der Waals surface area (Å²) in [6, 6.07) is 0.745. The number of hydrogen-bond donors (Lipinski definition) is 1. The highest BCUT2D eigenvalue weighted by Crippen LogP contribution is 2.39. The Balaban J connectivity index is 2.61. The quantitative estimate of drug-likeness (QED) is 0.718. The normalized spacial score (nSPS) is 26.8. The number of rotatable bonds is 8. The second kappa shape index (κ2) is 8.26. The van der Waals surface area contributed by atoms with Crippen LogP contribution in [0.25, 0.3) is 0 Å². The Morgan fingerprint density at radius 1 is 1.11 bits per heavy atom. The summed E-state index contributed by atoms with van der Waals surface area (Å²) >= 11 is 0. The van der Waals surface area contributed by atoms with Crippen molar-refractivity contribution in [3.05, 3.63) is 0 Å². The van der Waals surface area contributed by atoms with Crippen LogP contribution in [0.1, 0.15) is 66.7 Å². The molecule has 19 heavy (non-hydrogen) atoms.